The number of nitrogens with zero attached hydrogens (tertiary/aromatic N) is 1. The Kier molecular flexibility index (Phi) is 4.28. The zero-order chi connectivity index (χ0) is 19.0. The summed E-state index contributed by atoms with van der Waals surface area (Å²) in [5.41, 5.74) is 7.79. The van der Waals surface area contributed by atoms with E-state index in [4.69, 9.17) is 0 Å². The van der Waals surface area contributed by atoms with E-state index in [1.54, 1.807) is 4.68 Å². The Hall–Kier alpha value is -3.33. The highest BCUT2D eigenvalue weighted by atomic mass is 16.1. The molecule has 4 aromatic rings. The summed E-state index contributed by atoms with van der Waals surface area (Å²) in [4.78, 5) is 13.4. The summed E-state index contributed by atoms with van der Waals surface area (Å²) >= 11 is 0. The molecule has 0 spiro atoms. The molecule has 0 bridgehead atoms. The second-order valence-corrected chi connectivity index (χ2v) is 7.01. The van der Waals surface area contributed by atoms with Gasteiger partial charge >= 0.3 is 0 Å². The number of aromatic nitrogens is 2. The van der Waals surface area contributed by atoms with Gasteiger partial charge in [-0.1, -0.05) is 60.2 Å². The molecule has 3 heteroatoms. The Morgan fingerprint density at radius 1 is 0.741 bits per heavy atom. The van der Waals surface area contributed by atoms with E-state index in [-0.39, 0.29) is 5.56 Å². The van der Waals surface area contributed by atoms with Gasteiger partial charge in [0.05, 0.1) is 16.9 Å². The van der Waals surface area contributed by atoms with Crippen molar-refractivity contribution in [2.75, 3.05) is 0 Å². The molecule has 3 aromatic carbocycles. The van der Waals surface area contributed by atoms with Gasteiger partial charge < -0.3 is 0 Å². The number of nitrogens with one attached hydrogen (secondary N) is 1. The molecular weight excluding hydrogens is 332 g/mol. The lowest BCUT2D eigenvalue weighted by molar-refractivity contribution is 0.851. The Labute approximate surface area is 158 Å². The fraction of sp³-hybridized carbons (Fsp3) is 0.125. The first-order chi connectivity index (χ1) is 13.0. The van der Waals surface area contributed by atoms with E-state index in [0.29, 0.717) is 5.56 Å². The summed E-state index contributed by atoms with van der Waals surface area (Å²) < 4.78 is 1.65. The van der Waals surface area contributed by atoms with E-state index in [9.17, 15) is 4.79 Å². The van der Waals surface area contributed by atoms with Crippen LogP contribution in [0.2, 0.25) is 0 Å². The minimum atomic E-state index is -0.0408. The van der Waals surface area contributed by atoms with Crippen molar-refractivity contribution < 1.29 is 0 Å². The van der Waals surface area contributed by atoms with Crippen LogP contribution in [0.4, 0.5) is 0 Å². The third-order valence-electron chi connectivity index (χ3n) is 5.01. The molecule has 0 aliphatic rings. The maximum Gasteiger partial charge on any atom is 0.279 e. The first kappa shape index (κ1) is 17.1. The second-order valence-electron chi connectivity index (χ2n) is 7.01. The van der Waals surface area contributed by atoms with Gasteiger partial charge in [0.25, 0.3) is 5.56 Å². The number of benzene rings is 3. The highest BCUT2D eigenvalue weighted by molar-refractivity contribution is 5.80. The van der Waals surface area contributed by atoms with Crippen molar-refractivity contribution in [2.45, 2.75) is 20.8 Å². The molecule has 4 rings (SSSR count). The molecule has 0 amide bonds. The average Bonchev–Trinajstić information content (AvgIpc) is 3.02. The topological polar surface area (TPSA) is 37.8 Å². The van der Waals surface area contributed by atoms with Crippen molar-refractivity contribution in [1.82, 2.24) is 9.78 Å². The molecular formula is C24H22N2O. The highest BCUT2D eigenvalue weighted by Crippen LogP contribution is 2.29. The summed E-state index contributed by atoms with van der Waals surface area (Å²) in [6.45, 7) is 6.20. The fourth-order valence-corrected chi connectivity index (χ4v) is 3.37. The van der Waals surface area contributed by atoms with E-state index in [2.05, 4.69) is 38.0 Å². The summed E-state index contributed by atoms with van der Waals surface area (Å²) in [7, 11) is 0. The first-order valence-corrected chi connectivity index (χ1v) is 9.10. The fourth-order valence-electron chi connectivity index (χ4n) is 3.37. The normalized spacial score (nSPS) is 10.9. The van der Waals surface area contributed by atoms with Crippen molar-refractivity contribution >= 4 is 0 Å². The van der Waals surface area contributed by atoms with Crippen LogP contribution >= 0.6 is 0 Å². The van der Waals surface area contributed by atoms with Gasteiger partial charge in [-0.25, -0.2) is 4.68 Å². The third kappa shape index (κ3) is 3.13. The summed E-state index contributed by atoms with van der Waals surface area (Å²) in [5, 5.41) is 3.36. The average molecular weight is 354 g/mol. The monoisotopic (exact) mass is 354 g/mol. The maximum atomic E-state index is 13.4. The van der Waals surface area contributed by atoms with Crippen molar-refractivity contribution in [3.05, 3.63) is 99.8 Å². The lowest BCUT2D eigenvalue weighted by Gasteiger charge is -2.06. The molecule has 0 fully saturated rings. The summed E-state index contributed by atoms with van der Waals surface area (Å²) in [5.74, 6) is 0. The van der Waals surface area contributed by atoms with Crippen LogP contribution in [0.25, 0.3) is 28.1 Å². The maximum absolute atomic E-state index is 13.4. The number of rotatable bonds is 3. The van der Waals surface area contributed by atoms with Crippen LogP contribution in [0.5, 0.6) is 0 Å². The lowest BCUT2D eigenvalue weighted by Crippen LogP contribution is -2.15. The van der Waals surface area contributed by atoms with E-state index in [1.807, 2.05) is 60.7 Å². The number of aromatic amines is 1. The predicted molar refractivity (Wildman–Crippen MR) is 111 cm³/mol. The molecule has 0 aliphatic carbocycles. The van der Waals surface area contributed by atoms with Crippen LogP contribution in [0.1, 0.15) is 16.7 Å². The van der Waals surface area contributed by atoms with Crippen LogP contribution in [0.15, 0.2) is 77.6 Å². The van der Waals surface area contributed by atoms with Gasteiger partial charge in [0.1, 0.15) is 0 Å². The molecule has 0 saturated heterocycles. The number of H-pyrrole nitrogens is 1. The molecule has 0 atom stereocenters. The van der Waals surface area contributed by atoms with Crippen molar-refractivity contribution in [2.24, 2.45) is 0 Å². The van der Waals surface area contributed by atoms with E-state index in [1.165, 1.54) is 5.56 Å². The van der Waals surface area contributed by atoms with Crippen molar-refractivity contribution in [1.29, 1.82) is 0 Å². The highest BCUT2D eigenvalue weighted by Gasteiger charge is 2.18. The van der Waals surface area contributed by atoms with Gasteiger partial charge in [0.2, 0.25) is 0 Å². The van der Waals surface area contributed by atoms with Crippen molar-refractivity contribution in [3.8, 4) is 28.1 Å². The Morgan fingerprint density at radius 3 is 2.19 bits per heavy atom. The minimum Gasteiger partial charge on any atom is -0.290 e. The Morgan fingerprint density at radius 2 is 1.48 bits per heavy atom. The van der Waals surface area contributed by atoms with E-state index >= 15 is 0 Å². The van der Waals surface area contributed by atoms with Crippen LogP contribution in [0.3, 0.4) is 0 Å². The molecule has 0 radical (unpaired) electrons. The molecule has 0 unspecified atom stereocenters. The third-order valence-corrected chi connectivity index (χ3v) is 5.01. The van der Waals surface area contributed by atoms with Gasteiger partial charge in [0, 0.05) is 5.56 Å². The van der Waals surface area contributed by atoms with Crippen LogP contribution < -0.4 is 5.56 Å². The summed E-state index contributed by atoms with van der Waals surface area (Å²) in [6, 6.07) is 24.1. The van der Waals surface area contributed by atoms with Gasteiger partial charge in [0.15, 0.2) is 0 Å². The summed E-state index contributed by atoms with van der Waals surface area (Å²) in [6.07, 6.45) is 0. The zero-order valence-corrected chi connectivity index (χ0v) is 15.8. The Balaban J connectivity index is 2.00. The molecule has 1 aromatic heterocycles. The molecule has 27 heavy (non-hydrogen) atoms. The number of hydrogen-bond acceptors (Lipinski definition) is 1. The molecule has 1 heterocycles. The van der Waals surface area contributed by atoms with Crippen molar-refractivity contribution in [3.63, 3.8) is 0 Å². The Bertz CT molecular complexity index is 1170. The second kappa shape index (κ2) is 6.76. The van der Waals surface area contributed by atoms with Crippen LogP contribution in [0, 0.1) is 20.8 Å². The lowest BCUT2D eigenvalue weighted by atomic mass is 10.0. The van der Waals surface area contributed by atoms with E-state index in [0.717, 1.165) is 33.6 Å². The van der Waals surface area contributed by atoms with Crippen LogP contribution in [-0.2, 0) is 0 Å². The van der Waals surface area contributed by atoms with Crippen LogP contribution in [-0.4, -0.2) is 9.78 Å². The molecule has 134 valence electrons. The minimum absolute atomic E-state index is 0.0408. The van der Waals surface area contributed by atoms with Gasteiger partial charge in [-0.05, 0) is 55.7 Å². The van der Waals surface area contributed by atoms with Gasteiger partial charge in [-0.2, -0.15) is 0 Å². The molecule has 0 saturated carbocycles. The molecule has 0 aliphatic heterocycles. The molecule has 1 N–H and O–H groups in total. The predicted octanol–water partition coefficient (Wildman–Crippen LogP) is 5.42. The largest absolute Gasteiger partial charge is 0.290 e. The number of hydrogen-bond donors (Lipinski definition) is 1. The standard InChI is InChI=1S/C24H22N2O/c1-16-8-7-11-20(14-16)23-22(19-9-5-4-6-10-19)24(27)26(25-23)21-13-12-17(2)18(3)15-21/h4-15,25H,1-3H3. The first-order valence-electron chi connectivity index (χ1n) is 9.10. The zero-order valence-electron chi connectivity index (χ0n) is 15.8. The SMILES string of the molecule is Cc1cccc(-c2[nH]n(-c3ccc(C)c(C)c3)c(=O)c2-c2ccccc2)c1. The quantitative estimate of drug-likeness (QED) is 0.524. The van der Waals surface area contributed by atoms with Gasteiger partial charge in [-0.3, -0.25) is 9.89 Å². The molecule has 3 nitrogen and oxygen atoms in total. The van der Waals surface area contributed by atoms with Gasteiger partial charge in [-0.15, -0.1) is 0 Å². The smallest absolute Gasteiger partial charge is 0.279 e. The van der Waals surface area contributed by atoms with E-state index < -0.39 is 0 Å². The number of aryl methyl sites for hydroxylation is 3.